The summed E-state index contributed by atoms with van der Waals surface area (Å²) in [6.45, 7) is 1.85. The molecule has 2 aromatic carbocycles. The van der Waals surface area contributed by atoms with Crippen LogP contribution in [0.3, 0.4) is 0 Å². The van der Waals surface area contributed by atoms with Gasteiger partial charge < -0.3 is 5.73 Å². The van der Waals surface area contributed by atoms with E-state index in [1.54, 1.807) is 41.1 Å². The van der Waals surface area contributed by atoms with Gasteiger partial charge in [-0.05, 0) is 55.5 Å². The first-order chi connectivity index (χ1) is 13.4. The molecule has 0 aliphatic heterocycles. The number of nitrogens with two attached hydrogens (primary N) is 1. The van der Waals surface area contributed by atoms with Gasteiger partial charge in [0.1, 0.15) is 11.5 Å². The highest BCUT2D eigenvalue weighted by molar-refractivity contribution is 6.42. The molecule has 0 amide bonds. The normalized spacial score (nSPS) is 11.0. The number of nitrogen functional groups attached to an aromatic ring is 1. The number of hydrogen-bond donors (Lipinski definition) is 1. The van der Waals surface area contributed by atoms with Crippen molar-refractivity contribution in [1.82, 2.24) is 25.0 Å². The average Bonchev–Trinajstić information content (AvgIpc) is 3.05. The van der Waals surface area contributed by atoms with E-state index in [1.807, 2.05) is 6.92 Å². The van der Waals surface area contributed by atoms with Crippen molar-refractivity contribution in [2.24, 2.45) is 0 Å². The summed E-state index contributed by atoms with van der Waals surface area (Å²) in [4.78, 5) is 8.51. The monoisotopic (exact) mass is 414 g/mol. The van der Waals surface area contributed by atoms with E-state index in [9.17, 15) is 4.39 Å². The van der Waals surface area contributed by atoms with Crippen LogP contribution < -0.4 is 5.73 Å². The molecule has 0 spiro atoms. The molecule has 28 heavy (non-hydrogen) atoms. The van der Waals surface area contributed by atoms with Crippen LogP contribution in [0.2, 0.25) is 10.0 Å². The maximum absolute atomic E-state index is 13.2. The summed E-state index contributed by atoms with van der Waals surface area (Å²) < 4.78 is 14.8. The third-order valence-electron chi connectivity index (χ3n) is 4.17. The zero-order valence-electron chi connectivity index (χ0n) is 14.6. The summed E-state index contributed by atoms with van der Waals surface area (Å²) in [5, 5.41) is 9.30. The molecular formula is C19H13Cl2FN6. The van der Waals surface area contributed by atoms with Gasteiger partial charge >= 0.3 is 0 Å². The number of halogens is 3. The molecule has 9 heteroatoms. The summed E-state index contributed by atoms with van der Waals surface area (Å²) in [7, 11) is 0. The Morgan fingerprint density at radius 3 is 2.36 bits per heavy atom. The molecule has 0 bridgehead atoms. The lowest BCUT2D eigenvalue weighted by Crippen LogP contribution is -2.01. The molecule has 4 aromatic rings. The maximum atomic E-state index is 13.2. The van der Waals surface area contributed by atoms with Crippen molar-refractivity contribution in [3.8, 4) is 28.3 Å². The van der Waals surface area contributed by atoms with Crippen LogP contribution in [0.15, 0.2) is 48.5 Å². The highest BCUT2D eigenvalue weighted by Gasteiger charge is 2.16. The molecule has 6 nitrogen and oxygen atoms in total. The van der Waals surface area contributed by atoms with E-state index in [1.165, 1.54) is 12.1 Å². The van der Waals surface area contributed by atoms with Crippen LogP contribution in [0.5, 0.6) is 0 Å². The predicted octanol–water partition coefficient (Wildman–Crippen LogP) is 4.73. The summed E-state index contributed by atoms with van der Waals surface area (Å²) >= 11 is 12.1. The van der Waals surface area contributed by atoms with Crippen LogP contribution in [0.1, 0.15) is 5.69 Å². The molecule has 0 radical (unpaired) electrons. The van der Waals surface area contributed by atoms with Gasteiger partial charge in [-0.1, -0.05) is 28.4 Å². The molecule has 0 fully saturated rings. The fourth-order valence-corrected chi connectivity index (χ4v) is 3.08. The van der Waals surface area contributed by atoms with E-state index >= 15 is 0 Å². The lowest BCUT2D eigenvalue weighted by atomic mass is 10.1. The number of aromatic nitrogens is 5. The minimum absolute atomic E-state index is 0.0836. The number of anilines is 1. The first-order valence-electron chi connectivity index (χ1n) is 8.21. The lowest BCUT2D eigenvalue weighted by Gasteiger charge is -2.07. The van der Waals surface area contributed by atoms with E-state index in [0.29, 0.717) is 38.4 Å². The molecule has 0 aliphatic carbocycles. The zero-order valence-corrected chi connectivity index (χ0v) is 16.1. The van der Waals surface area contributed by atoms with Crippen LogP contribution in [0, 0.1) is 12.7 Å². The van der Waals surface area contributed by atoms with Gasteiger partial charge in [0.05, 0.1) is 32.8 Å². The van der Waals surface area contributed by atoms with Crippen molar-refractivity contribution in [3.05, 3.63) is 70.1 Å². The third-order valence-corrected chi connectivity index (χ3v) is 4.91. The predicted molar refractivity (Wildman–Crippen MR) is 107 cm³/mol. The van der Waals surface area contributed by atoms with Gasteiger partial charge in [0, 0.05) is 5.56 Å². The Bertz CT molecular complexity index is 1170. The Morgan fingerprint density at radius 1 is 0.929 bits per heavy atom. The SMILES string of the molecule is Cc1c(-c2cc(-c3ccc(F)cc3)nc(N)n2)nnn1-c1ccc(Cl)c(Cl)c1. The Hall–Kier alpha value is -3.03. The van der Waals surface area contributed by atoms with Crippen LogP contribution >= 0.6 is 23.2 Å². The van der Waals surface area contributed by atoms with Crippen molar-refractivity contribution < 1.29 is 4.39 Å². The molecule has 0 saturated carbocycles. The second-order valence-electron chi connectivity index (χ2n) is 6.04. The minimum atomic E-state index is -0.327. The molecule has 140 valence electrons. The number of hydrogen-bond acceptors (Lipinski definition) is 5. The zero-order chi connectivity index (χ0) is 19.8. The highest BCUT2D eigenvalue weighted by Crippen LogP contribution is 2.28. The lowest BCUT2D eigenvalue weighted by molar-refractivity contribution is 0.628. The fraction of sp³-hybridized carbons (Fsp3) is 0.0526. The van der Waals surface area contributed by atoms with Crippen molar-refractivity contribution in [2.45, 2.75) is 6.92 Å². The molecule has 2 N–H and O–H groups in total. The first-order valence-corrected chi connectivity index (χ1v) is 8.96. The van der Waals surface area contributed by atoms with Gasteiger partial charge in [0.2, 0.25) is 5.95 Å². The molecule has 0 unspecified atom stereocenters. The van der Waals surface area contributed by atoms with E-state index in [0.717, 1.165) is 5.69 Å². The number of nitrogens with zero attached hydrogens (tertiary/aromatic N) is 5. The molecule has 2 aromatic heterocycles. The molecule has 0 saturated heterocycles. The standard InChI is InChI=1S/C19H13Cl2FN6/c1-10-18(26-27-28(10)13-6-7-14(20)15(21)8-13)17-9-16(24-19(23)25-17)11-2-4-12(22)5-3-11/h2-9H,1H3,(H2,23,24,25). The molecular weight excluding hydrogens is 402 g/mol. The first kappa shape index (κ1) is 18.3. The van der Waals surface area contributed by atoms with E-state index < -0.39 is 0 Å². The maximum Gasteiger partial charge on any atom is 0.221 e. The van der Waals surface area contributed by atoms with Crippen LogP contribution in [0.25, 0.3) is 28.3 Å². The van der Waals surface area contributed by atoms with Crippen molar-refractivity contribution in [1.29, 1.82) is 0 Å². The largest absolute Gasteiger partial charge is 0.368 e. The number of rotatable bonds is 3. The van der Waals surface area contributed by atoms with Gasteiger partial charge in [-0.2, -0.15) is 0 Å². The van der Waals surface area contributed by atoms with Gasteiger partial charge in [-0.3, -0.25) is 0 Å². The topological polar surface area (TPSA) is 82.5 Å². The number of benzene rings is 2. The van der Waals surface area contributed by atoms with E-state index in [2.05, 4.69) is 20.3 Å². The van der Waals surface area contributed by atoms with Crippen LogP contribution in [0.4, 0.5) is 10.3 Å². The summed E-state index contributed by atoms with van der Waals surface area (Å²) in [6, 6.07) is 12.9. The van der Waals surface area contributed by atoms with E-state index in [4.69, 9.17) is 28.9 Å². The smallest absolute Gasteiger partial charge is 0.221 e. The van der Waals surface area contributed by atoms with Gasteiger partial charge in [-0.15, -0.1) is 5.10 Å². The third kappa shape index (κ3) is 3.42. The van der Waals surface area contributed by atoms with Gasteiger partial charge in [0.15, 0.2) is 0 Å². The summed E-state index contributed by atoms with van der Waals surface area (Å²) in [6.07, 6.45) is 0. The second-order valence-corrected chi connectivity index (χ2v) is 6.85. The molecule has 0 atom stereocenters. The van der Waals surface area contributed by atoms with Crippen molar-refractivity contribution in [3.63, 3.8) is 0 Å². The Balaban J connectivity index is 1.78. The Labute approximate surface area is 169 Å². The van der Waals surface area contributed by atoms with Crippen molar-refractivity contribution >= 4 is 29.2 Å². The molecule has 4 rings (SSSR count). The molecule has 0 aliphatic rings. The average molecular weight is 415 g/mol. The Kier molecular flexibility index (Phi) is 4.70. The highest BCUT2D eigenvalue weighted by atomic mass is 35.5. The van der Waals surface area contributed by atoms with Crippen LogP contribution in [-0.4, -0.2) is 25.0 Å². The molecule has 2 heterocycles. The van der Waals surface area contributed by atoms with Gasteiger partial charge in [0.25, 0.3) is 0 Å². The van der Waals surface area contributed by atoms with Gasteiger partial charge in [-0.25, -0.2) is 19.0 Å². The quantitative estimate of drug-likeness (QED) is 0.523. The minimum Gasteiger partial charge on any atom is -0.368 e. The van der Waals surface area contributed by atoms with Crippen LogP contribution in [-0.2, 0) is 0 Å². The summed E-state index contributed by atoms with van der Waals surface area (Å²) in [5.41, 5.74) is 9.67. The second kappa shape index (κ2) is 7.18. The van der Waals surface area contributed by atoms with E-state index in [-0.39, 0.29) is 11.8 Å². The summed E-state index contributed by atoms with van der Waals surface area (Å²) in [5.74, 6) is -0.244. The fourth-order valence-electron chi connectivity index (χ4n) is 2.78. The van der Waals surface area contributed by atoms with Crippen molar-refractivity contribution in [2.75, 3.05) is 5.73 Å². The Morgan fingerprint density at radius 2 is 1.64 bits per heavy atom.